The van der Waals surface area contributed by atoms with Crippen molar-refractivity contribution >= 4 is 43.6 Å². The third-order valence-electron chi connectivity index (χ3n) is 3.16. The van der Waals surface area contributed by atoms with Crippen molar-refractivity contribution in [1.29, 1.82) is 0 Å². The fourth-order valence-corrected chi connectivity index (χ4v) is 4.03. The molecule has 4 heteroatoms. The van der Waals surface area contributed by atoms with E-state index in [4.69, 9.17) is 0 Å². The van der Waals surface area contributed by atoms with E-state index in [0.717, 1.165) is 23.2 Å². The van der Waals surface area contributed by atoms with Gasteiger partial charge in [-0.2, -0.15) is 0 Å². The summed E-state index contributed by atoms with van der Waals surface area (Å²) in [6.45, 7) is 3.16. The quantitative estimate of drug-likeness (QED) is 0.582. The van der Waals surface area contributed by atoms with Crippen LogP contribution in [0.5, 0.6) is 0 Å². The van der Waals surface area contributed by atoms with Gasteiger partial charge in [0.1, 0.15) is 0 Å². The van der Waals surface area contributed by atoms with E-state index in [1.54, 1.807) is 0 Å². The van der Waals surface area contributed by atoms with Crippen LogP contribution in [0.2, 0.25) is 0 Å². The van der Waals surface area contributed by atoms with E-state index in [-0.39, 0.29) is 0 Å². The van der Waals surface area contributed by atoms with Gasteiger partial charge in [-0.05, 0) is 58.7 Å². The molecular formula is C17H19Br2NS. The van der Waals surface area contributed by atoms with Gasteiger partial charge in [0.25, 0.3) is 0 Å². The Morgan fingerprint density at radius 1 is 1.05 bits per heavy atom. The molecule has 0 heterocycles. The lowest BCUT2D eigenvalue weighted by Crippen LogP contribution is -2.33. The molecule has 0 aliphatic heterocycles. The van der Waals surface area contributed by atoms with Crippen molar-refractivity contribution in [2.45, 2.75) is 24.3 Å². The van der Waals surface area contributed by atoms with Crippen molar-refractivity contribution in [2.24, 2.45) is 0 Å². The first-order chi connectivity index (χ1) is 10.2. The third kappa shape index (κ3) is 5.78. The lowest BCUT2D eigenvalue weighted by Gasteiger charge is -2.18. The SMILES string of the molecule is CCNC(CSc1ccccc1Br)Cc1ccc(Br)cc1. The van der Waals surface area contributed by atoms with Gasteiger partial charge in [0.2, 0.25) is 0 Å². The smallest absolute Gasteiger partial charge is 0.0311 e. The molecule has 1 nitrogen and oxygen atoms in total. The number of likely N-dealkylation sites (N-methyl/N-ethyl adjacent to an activating group) is 1. The highest BCUT2D eigenvalue weighted by molar-refractivity contribution is 9.10. The van der Waals surface area contributed by atoms with E-state index in [2.05, 4.69) is 92.6 Å². The number of benzene rings is 2. The van der Waals surface area contributed by atoms with Crippen LogP contribution in [-0.2, 0) is 6.42 Å². The van der Waals surface area contributed by atoms with Gasteiger partial charge in [-0.3, -0.25) is 0 Å². The van der Waals surface area contributed by atoms with Crippen LogP contribution < -0.4 is 5.32 Å². The normalized spacial score (nSPS) is 12.3. The Labute approximate surface area is 148 Å². The summed E-state index contributed by atoms with van der Waals surface area (Å²) >= 11 is 9.00. The maximum atomic E-state index is 3.61. The summed E-state index contributed by atoms with van der Waals surface area (Å²) in [6.07, 6.45) is 1.05. The van der Waals surface area contributed by atoms with E-state index in [9.17, 15) is 0 Å². The average molecular weight is 429 g/mol. The van der Waals surface area contributed by atoms with Gasteiger partial charge in [0.15, 0.2) is 0 Å². The lowest BCUT2D eigenvalue weighted by atomic mass is 10.1. The van der Waals surface area contributed by atoms with Gasteiger partial charge in [0, 0.05) is 25.6 Å². The second-order valence-corrected chi connectivity index (χ2v) is 7.66. The zero-order valence-electron chi connectivity index (χ0n) is 12.0. The number of hydrogen-bond acceptors (Lipinski definition) is 2. The van der Waals surface area contributed by atoms with Crippen LogP contribution in [0.1, 0.15) is 12.5 Å². The van der Waals surface area contributed by atoms with E-state index in [0.29, 0.717) is 6.04 Å². The molecule has 0 aliphatic rings. The lowest BCUT2D eigenvalue weighted by molar-refractivity contribution is 0.572. The predicted octanol–water partition coefficient (Wildman–Crippen LogP) is 5.52. The summed E-state index contributed by atoms with van der Waals surface area (Å²) in [7, 11) is 0. The van der Waals surface area contributed by atoms with Crippen LogP contribution in [0, 0.1) is 0 Å². The minimum atomic E-state index is 0.480. The molecule has 0 bridgehead atoms. The molecule has 2 rings (SSSR count). The standard InChI is InChI=1S/C17H19Br2NS/c1-2-20-15(11-13-7-9-14(18)10-8-13)12-21-17-6-4-3-5-16(17)19/h3-10,15,20H,2,11-12H2,1H3. The summed E-state index contributed by atoms with van der Waals surface area (Å²) in [5.41, 5.74) is 1.37. The van der Waals surface area contributed by atoms with Gasteiger partial charge in [-0.25, -0.2) is 0 Å². The zero-order chi connectivity index (χ0) is 15.1. The highest BCUT2D eigenvalue weighted by atomic mass is 79.9. The number of thioether (sulfide) groups is 1. The number of nitrogens with one attached hydrogen (secondary N) is 1. The van der Waals surface area contributed by atoms with E-state index >= 15 is 0 Å². The molecule has 0 aliphatic carbocycles. The number of rotatable bonds is 7. The van der Waals surface area contributed by atoms with Gasteiger partial charge >= 0.3 is 0 Å². The van der Waals surface area contributed by atoms with Crippen LogP contribution in [0.15, 0.2) is 62.4 Å². The van der Waals surface area contributed by atoms with E-state index in [1.807, 2.05) is 11.8 Å². The maximum Gasteiger partial charge on any atom is 0.0311 e. The van der Waals surface area contributed by atoms with Crippen LogP contribution in [0.3, 0.4) is 0 Å². The van der Waals surface area contributed by atoms with Gasteiger partial charge in [-0.1, -0.05) is 47.1 Å². The highest BCUT2D eigenvalue weighted by Gasteiger charge is 2.10. The molecule has 0 saturated carbocycles. The van der Waals surface area contributed by atoms with Gasteiger partial charge in [-0.15, -0.1) is 11.8 Å². The molecule has 0 saturated heterocycles. The van der Waals surface area contributed by atoms with Crippen LogP contribution in [0.25, 0.3) is 0 Å². The maximum absolute atomic E-state index is 3.61. The Kier molecular flexibility index (Phi) is 7.30. The van der Waals surface area contributed by atoms with Crippen LogP contribution in [-0.4, -0.2) is 18.3 Å². The largest absolute Gasteiger partial charge is 0.313 e. The molecule has 0 amide bonds. The first-order valence-corrected chi connectivity index (χ1v) is 9.61. The molecule has 2 aromatic carbocycles. The summed E-state index contributed by atoms with van der Waals surface area (Å²) in [4.78, 5) is 1.30. The summed E-state index contributed by atoms with van der Waals surface area (Å²) in [5.74, 6) is 1.06. The predicted molar refractivity (Wildman–Crippen MR) is 100 cm³/mol. The van der Waals surface area contributed by atoms with Gasteiger partial charge in [0.05, 0.1) is 0 Å². The van der Waals surface area contributed by atoms with Crippen molar-refractivity contribution < 1.29 is 0 Å². The van der Waals surface area contributed by atoms with E-state index in [1.165, 1.54) is 14.9 Å². The Morgan fingerprint density at radius 2 is 1.76 bits per heavy atom. The van der Waals surface area contributed by atoms with Crippen LogP contribution >= 0.6 is 43.6 Å². The summed E-state index contributed by atoms with van der Waals surface area (Å²) < 4.78 is 2.31. The Morgan fingerprint density at radius 3 is 2.43 bits per heavy atom. The Hall–Kier alpha value is -0.290. The van der Waals surface area contributed by atoms with Crippen molar-refractivity contribution in [3.05, 3.63) is 63.0 Å². The van der Waals surface area contributed by atoms with Crippen molar-refractivity contribution in [3.8, 4) is 0 Å². The summed E-state index contributed by atoms with van der Waals surface area (Å²) in [5, 5.41) is 3.59. The molecule has 112 valence electrons. The minimum absolute atomic E-state index is 0.480. The second kappa shape index (κ2) is 8.99. The molecule has 0 radical (unpaired) electrons. The van der Waals surface area contributed by atoms with E-state index < -0.39 is 0 Å². The highest BCUT2D eigenvalue weighted by Crippen LogP contribution is 2.28. The van der Waals surface area contributed by atoms with Crippen molar-refractivity contribution in [2.75, 3.05) is 12.3 Å². The van der Waals surface area contributed by atoms with Crippen molar-refractivity contribution in [3.63, 3.8) is 0 Å². The molecule has 0 spiro atoms. The summed E-state index contributed by atoms with van der Waals surface area (Å²) in [6, 6.07) is 17.5. The fourth-order valence-electron chi connectivity index (χ4n) is 2.14. The minimum Gasteiger partial charge on any atom is -0.313 e. The van der Waals surface area contributed by atoms with Gasteiger partial charge < -0.3 is 5.32 Å². The molecule has 2 aromatic rings. The topological polar surface area (TPSA) is 12.0 Å². The van der Waals surface area contributed by atoms with Crippen molar-refractivity contribution in [1.82, 2.24) is 5.32 Å². The third-order valence-corrected chi connectivity index (χ3v) is 5.88. The Bertz CT molecular complexity index is 557. The number of hydrogen-bond donors (Lipinski definition) is 1. The molecule has 1 N–H and O–H groups in total. The molecule has 0 fully saturated rings. The fraction of sp³-hybridized carbons (Fsp3) is 0.294. The Balaban J connectivity index is 1.95. The molecule has 1 atom stereocenters. The first kappa shape index (κ1) is 17.1. The molecule has 21 heavy (non-hydrogen) atoms. The van der Waals surface area contributed by atoms with Crippen LogP contribution in [0.4, 0.5) is 0 Å². The average Bonchev–Trinajstić information content (AvgIpc) is 2.49. The monoisotopic (exact) mass is 427 g/mol. The molecular weight excluding hydrogens is 410 g/mol. The zero-order valence-corrected chi connectivity index (χ0v) is 16.0. The molecule has 0 aromatic heterocycles. The second-order valence-electron chi connectivity index (χ2n) is 4.83. The first-order valence-electron chi connectivity index (χ1n) is 7.04. The number of halogens is 2. The molecule has 1 unspecified atom stereocenters.